The normalized spacial score (nSPS) is 17.4. The van der Waals surface area contributed by atoms with Crippen LogP contribution in [0.2, 0.25) is 0 Å². The molecular weight excluding hydrogens is 274 g/mol. The summed E-state index contributed by atoms with van der Waals surface area (Å²) in [6, 6.07) is 5.74. The van der Waals surface area contributed by atoms with Crippen LogP contribution in [-0.2, 0) is 0 Å². The first-order valence-corrected chi connectivity index (χ1v) is 6.34. The Kier molecular flexibility index (Phi) is 3.11. The number of fused-ring (bicyclic) bond motifs is 3. The molecule has 0 fully saturated rings. The molecule has 0 bridgehead atoms. The molecule has 106 valence electrons. The minimum atomic E-state index is -1.15. The van der Waals surface area contributed by atoms with E-state index in [-0.39, 0.29) is 16.7 Å². The van der Waals surface area contributed by atoms with E-state index in [1.165, 1.54) is 18.2 Å². The van der Waals surface area contributed by atoms with Gasteiger partial charge in [0.15, 0.2) is 11.6 Å². The van der Waals surface area contributed by atoms with Gasteiger partial charge in [0.05, 0.1) is 0 Å². The Labute approximate surface area is 120 Å². The Bertz CT molecular complexity index is 806. The lowest BCUT2D eigenvalue weighted by Gasteiger charge is -2.26. The van der Waals surface area contributed by atoms with Crippen molar-refractivity contribution in [3.63, 3.8) is 0 Å². The number of halogens is 2. The molecule has 0 amide bonds. The summed E-state index contributed by atoms with van der Waals surface area (Å²) in [6.07, 6.45) is 1.70. The van der Waals surface area contributed by atoms with Gasteiger partial charge >= 0.3 is 0 Å². The smallest absolute Gasteiger partial charge is 0.167 e. The third-order valence-electron chi connectivity index (χ3n) is 3.55. The quantitative estimate of drug-likeness (QED) is 0.897. The summed E-state index contributed by atoms with van der Waals surface area (Å²) in [5, 5.41) is 11.0. The largest absolute Gasteiger partial charge is 0.457 e. The van der Waals surface area contributed by atoms with Gasteiger partial charge in [0, 0.05) is 16.5 Å². The molecule has 1 aliphatic rings. The van der Waals surface area contributed by atoms with Gasteiger partial charge in [-0.3, -0.25) is 0 Å². The van der Waals surface area contributed by atoms with E-state index in [1.54, 1.807) is 12.1 Å². The maximum atomic E-state index is 14.2. The topological polar surface area (TPSA) is 29.5 Å². The number of ether oxygens (including phenoxy) is 1. The molecule has 1 atom stereocenters. The van der Waals surface area contributed by atoms with Crippen LogP contribution in [0.3, 0.4) is 0 Å². The molecule has 1 heterocycles. The van der Waals surface area contributed by atoms with Gasteiger partial charge in [0.1, 0.15) is 17.6 Å². The maximum Gasteiger partial charge on any atom is 0.167 e. The summed E-state index contributed by atoms with van der Waals surface area (Å²) >= 11 is 0. The fourth-order valence-electron chi connectivity index (χ4n) is 2.56. The highest BCUT2D eigenvalue weighted by molar-refractivity contribution is 5.89. The second-order valence-electron chi connectivity index (χ2n) is 4.67. The molecule has 0 aliphatic carbocycles. The lowest BCUT2D eigenvalue weighted by Crippen LogP contribution is -2.14. The van der Waals surface area contributed by atoms with E-state index in [4.69, 9.17) is 4.74 Å². The van der Waals surface area contributed by atoms with E-state index in [9.17, 15) is 13.9 Å². The Balaban J connectivity index is 2.38. The van der Waals surface area contributed by atoms with Crippen molar-refractivity contribution in [1.82, 2.24) is 0 Å². The zero-order valence-corrected chi connectivity index (χ0v) is 11.1. The number of allylic oxidation sites excluding steroid dienone is 1. The van der Waals surface area contributed by atoms with Crippen LogP contribution < -0.4 is 4.74 Å². The van der Waals surface area contributed by atoms with Crippen molar-refractivity contribution in [2.75, 3.05) is 0 Å². The second kappa shape index (κ2) is 4.82. The third-order valence-corrected chi connectivity index (χ3v) is 3.55. The molecule has 0 saturated heterocycles. The highest BCUT2D eigenvalue weighted by Crippen LogP contribution is 2.43. The molecule has 2 aromatic carbocycles. The Morgan fingerprint density at radius 3 is 2.48 bits per heavy atom. The van der Waals surface area contributed by atoms with Crippen LogP contribution in [-0.4, -0.2) is 5.11 Å². The summed E-state index contributed by atoms with van der Waals surface area (Å²) in [6.45, 7) is 7.22. The van der Waals surface area contributed by atoms with Gasteiger partial charge in [-0.25, -0.2) is 8.78 Å². The molecule has 0 spiro atoms. The van der Waals surface area contributed by atoms with Crippen LogP contribution in [0.25, 0.3) is 10.8 Å². The lowest BCUT2D eigenvalue weighted by molar-refractivity contribution is 0.200. The molecular formula is C17H12F2O2. The zero-order valence-electron chi connectivity index (χ0n) is 11.1. The summed E-state index contributed by atoms with van der Waals surface area (Å²) in [7, 11) is 0. The van der Waals surface area contributed by atoms with Crippen LogP contribution in [0.4, 0.5) is 8.78 Å². The highest BCUT2D eigenvalue weighted by Gasteiger charge is 2.29. The third kappa shape index (κ3) is 1.87. The monoisotopic (exact) mass is 286 g/mol. The van der Waals surface area contributed by atoms with Crippen LogP contribution in [0.1, 0.15) is 11.7 Å². The molecule has 0 saturated carbocycles. The number of rotatable bonds is 2. The molecule has 0 aromatic heterocycles. The van der Waals surface area contributed by atoms with Crippen molar-refractivity contribution >= 4 is 10.8 Å². The molecule has 2 nitrogen and oxygen atoms in total. The molecule has 4 heteroatoms. The number of hydrogen-bond acceptors (Lipinski definition) is 2. The molecule has 21 heavy (non-hydrogen) atoms. The van der Waals surface area contributed by atoms with E-state index in [0.717, 1.165) is 6.07 Å². The van der Waals surface area contributed by atoms with Gasteiger partial charge in [0.2, 0.25) is 0 Å². The van der Waals surface area contributed by atoms with E-state index in [1.807, 2.05) is 0 Å². The Morgan fingerprint density at radius 2 is 1.81 bits per heavy atom. The average Bonchev–Trinajstić information content (AvgIpc) is 2.50. The number of aliphatic hydroxyl groups is 1. The average molecular weight is 286 g/mol. The SMILES string of the molecule is C=CC1=C(C=C)C(O)c2c(ccc3ccc(F)c(F)c23)O1. The van der Waals surface area contributed by atoms with Crippen molar-refractivity contribution in [2.24, 2.45) is 0 Å². The van der Waals surface area contributed by atoms with E-state index < -0.39 is 17.7 Å². The highest BCUT2D eigenvalue weighted by atomic mass is 19.2. The van der Waals surface area contributed by atoms with Gasteiger partial charge in [-0.2, -0.15) is 0 Å². The van der Waals surface area contributed by atoms with Crippen molar-refractivity contribution in [3.8, 4) is 5.75 Å². The minimum absolute atomic E-state index is 0.0162. The maximum absolute atomic E-state index is 14.2. The summed E-state index contributed by atoms with van der Waals surface area (Å²) < 4.78 is 33.3. The van der Waals surface area contributed by atoms with Gasteiger partial charge in [-0.05, 0) is 23.6 Å². The fourth-order valence-corrected chi connectivity index (χ4v) is 2.56. The summed E-state index contributed by atoms with van der Waals surface area (Å²) in [5.41, 5.74) is 0.568. The second-order valence-corrected chi connectivity index (χ2v) is 4.67. The first kappa shape index (κ1) is 13.5. The predicted octanol–water partition coefficient (Wildman–Crippen LogP) is 4.17. The first-order chi connectivity index (χ1) is 10.1. The summed E-state index contributed by atoms with van der Waals surface area (Å²) in [4.78, 5) is 0. The molecule has 1 unspecified atom stereocenters. The Hall–Kier alpha value is -2.46. The zero-order chi connectivity index (χ0) is 15.1. The van der Waals surface area contributed by atoms with Gasteiger partial charge in [-0.1, -0.05) is 31.4 Å². The summed E-state index contributed by atoms with van der Waals surface area (Å²) in [5.74, 6) is -1.35. The predicted molar refractivity (Wildman–Crippen MR) is 76.9 cm³/mol. The van der Waals surface area contributed by atoms with Crippen molar-refractivity contribution in [2.45, 2.75) is 6.10 Å². The Morgan fingerprint density at radius 1 is 1.10 bits per heavy atom. The van der Waals surface area contributed by atoms with Crippen molar-refractivity contribution in [1.29, 1.82) is 0 Å². The van der Waals surface area contributed by atoms with E-state index in [0.29, 0.717) is 16.7 Å². The van der Waals surface area contributed by atoms with Gasteiger partial charge < -0.3 is 9.84 Å². The number of hydrogen-bond donors (Lipinski definition) is 1. The minimum Gasteiger partial charge on any atom is -0.457 e. The van der Waals surface area contributed by atoms with E-state index in [2.05, 4.69) is 13.2 Å². The number of aliphatic hydroxyl groups excluding tert-OH is 1. The molecule has 0 radical (unpaired) electrons. The van der Waals surface area contributed by atoms with E-state index >= 15 is 0 Å². The van der Waals surface area contributed by atoms with Gasteiger partial charge in [0.25, 0.3) is 0 Å². The van der Waals surface area contributed by atoms with Crippen molar-refractivity contribution in [3.05, 3.63) is 78.1 Å². The lowest BCUT2D eigenvalue weighted by atomic mass is 9.91. The molecule has 3 rings (SSSR count). The van der Waals surface area contributed by atoms with Gasteiger partial charge in [-0.15, -0.1) is 0 Å². The molecule has 2 aromatic rings. The number of benzene rings is 2. The molecule has 1 aliphatic heterocycles. The molecule has 1 N–H and O–H groups in total. The van der Waals surface area contributed by atoms with Crippen LogP contribution >= 0.6 is 0 Å². The van der Waals surface area contributed by atoms with Crippen molar-refractivity contribution < 1.29 is 18.6 Å². The standard InChI is InChI=1S/C17H12F2O2/c1-3-10-12(4-2)21-13-8-6-9-5-7-11(18)16(19)14(9)15(13)17(10)20/h3-8,17,20H,1-2H2. The first-order valence-electron chi connectivity index (χ1n) is 6.34. The fraction of sp³-hybridized carbons (Fsp3) is 0.0588. The van der Waals surface area contributed by atoms with Crippen LogP contribution in [0.15, 0.2) is 60.9 Å². The van der Waals surface area contributed by atoms with Crippen LogP contribution in [0.5, 0.6) is 5.75 Å². The van der Waals surface area contributed by atoms with Crippen LogP contribution in [0, 0.1) is 11.6 Å².